The van der Waals surface area contributed by atoms with E-state index in [9.17, 15) is 18.0 Å². The molecule has 11 heteroatoms. The number of amides is 1. The maximum atomic E-state index is 13.2. The van der Waals surface area contributed by atoms with Crippen molar-refractivity contribution in [3.8, 4) is 17.2 Å². The highest BCUT2D eigenvalue weighted by Gasteiger charge is 2.33. The number of pyridine rings is 1. The zero-order chi connectivity index (χ0) is 24.6. The molecule has 0 fully saturated rings. The van der Waals surface area contributed by atoms with Crippen LogP contribution in [0.3, 0.4) is 0 Å². The number of benzene rings is 2. The molecule has 4 aromatic rings. The van der Waals surface area contributed by atoms with Crippen LogP contribution in [0.4, 0.5) is 18.9 Å². The molecule has 2 heterocycles. The second-order valence-electron chi connectivity index (χ2n) is 7.36. The number of methoxy groups -OCH3 is 1. The van der Waals surface area contributed by atoms with Crippen LogP contribution in [0.1, 0.15) is 34.9 Å². The number of carbonyl (C=O) groups is 1. The number of nitrogens with two attached hydrogens (primary N) is 1. The molecule has 0 aliphatic carbocycles. The first-order chi connectivity index (χ1) is 16.1. The summed E-state index contributed by atoms with van der Waals surface area (Å²) in [6, 6.07) is 11.1. The Morgan fingerprint density at radius 1 is 1.15 bits per heavy atom. The number of anilines is 1. The van der Waals surface area contributed by atoms with E-state index in [1.807, 2.05) is 0 Å². The molecular formula is C23H18ClF3N4O3. The number of hydrogen-bond donors (Lipinski definition) is 2. The van der Waals surface area contributed by atoms with E-state index in [0.29, 0.717) is 21.7 Å². The predicted octanol–water partition coefficient (Wildman–Crippen LogP) is 5.84. The summed E-state index contributed by atoms with van der Waals surface area (Å²) in [5.41, 5.74) is 5.50. The Kier molecular flexibility index (Phi) is 6.20. The number of halogens is 4. The third kappa shape index (κ3) is 4.42. The van der Waals surface area contributed by atoms with Crippen molar-refractivity contribution in [1.82, 2.24) is 9.97 Å². The van der Waals surface area contributed by atoms with Crippen molar-refractivity contribution in [3.63, 3.8) is 0 Å². The van der Waals surface area contributed by atoms with Gasteiger partial charge in [0.2, 0.25) is 5.89 Å². The van der Waals surface area contributed by atoms with E-state index in [0.717, 1.165) is 6.07 Å². The lowest BCUT2D eigenvalue weighted by Gasteiger charge is -2.11. The number of ether oxygens (including phenoxy) is 1. The lowest BCUT2D eigenvalue weighted by Crippen LogP contribution is -2.17. The molecule has 7 nitrogen and oxygen atoms in total. The van der Waals surface area contributed by atoms with Crippen LogP contribution in [0, 0.1) is 0 Å². The number of carbonyl (C=O) groups excluding carboxylic acids is 1. The molecule has 0 bridgehead atoms. The fourth-order valence-corrected chi connectivity index (χ4v) is 3.55. The second kappa shape index (κ2) is 8.96. The Labute approximate surface area is 196 Å². The van der Waals surface area contributed by atoms with E-state index in [-0.39, 0.29) is 28.6 Å². The minimum atomic E-state index is -4.63. The molecule has 0 aliphatic rings. The van der Waals surface area contributed by atoms with Crippen LogP contribution in [0.2, 0.25) is 5.02 Å². The molecule has 0 spiro atoms. The fourth-order valence-electron chi connectivity index (χ4n) is 3.36. The van der Waals surface area contributed by atoms with Gasteiger partial charge in [0.05, 0.1) is 23.9 Å². The summed E-state index contributed by atoms with van der Waals surface area (Å²) in [6.07, 6.45) is -4.63. The standard InChI is InChI=1S/C23H18ClF3N4O3/c1-11(28)20-19(21(32)29-15-6-4-3-5-14(15)24)31-22(34-20)13-7-9-16(33-2)18-12(13)8-10-17(30-18)23(25,26)27/h3-11H,28H2,1-2H3,(H,29,32)/t11-/m0/s1. The number of aromatic nitrogens is 2. The maximum absolute atomic E-state index is 13.2. The highest BCUT2D eigenvalue weighted by atomic mass is 35.5. The summed E-state index contributed by atoms with van der Waals surface area (Å²) < 4.78 is 50.6. The predicted molar refractivity (Wildman–Crippen MR) is 121 cm³/mol. The Morgan fingerprint density at radius 3 is 2.53 bits per heavy atom. The topological polar surface area (TPSA) is 103 Å². The Morgan fingerprint density at radius 2 is 1.88 bits per heavy atom. The first-order valence-corrected chi connectivity index (χ1v) is 10.4. The molecule has 0 unspecified atom stereocenters. The highest BCUT2D eigenvalue weighted by molar-refractivity contribution is 6.33. The summed E-state index contributed by atoms with van der Waals surface area (Å²) >= 11 is 6.12. The molecule has 0 saturated heterocycles. The Bertz CT molecular complexity index is 1390. The first kappa shape index (κ1) is 23.5. The number of rotatable bonds is 5. The molecular weight excluding hydrogens is 473 g/mol. The van der Waals surface area contributed by atoms with E-state index in [4.69, 9.17) is 26.5 Å². The summed E-state index contributed by atoms with van der Waals surface area (Å²) in [5, 5.41) is 3.28. The van der Waals surface area contributed by atoms with Gasteiger partial charge >= 0.3 is 6.18 Å². The largest absolute Gasteiger partial charge is 0.494 e. The van der Waals surface area contributed by atoms with Crippen LogP contribution in [0.5, 0.6) is 5.75 Å². The van der Waals surface area contributed by atoms with Crippen molar-refractivity contribution in [2.24, 2.45) is 5.73 Å². The monoisotopic (exact) mass is 490 g/mol. The normalized spacial score (nSPS) is 12.6. The van der Waals surface area contributed by atoms with Crippen LogP contribution in [-0.4, -0.2) is 23.0 Å². The molecule has 0 saturated carbocycles. The third-order valence-electron chi connectivity index (χ3n) is 4.97. The molecule has 3 N–H and O–H groups in total. The van der Waals surface area contributed by atoms with E-state index in [2.05, 4.69) is 15.3 Å². The van der Waals surface area contributed by atoms with Gasteiger partial charge in [0, 0.05) is 10.9 Å². The Hall–Kier alpha value is -3.63. The number of oxazole rings is 1. The van der Waals surface area contributed by atoms with Crippen LogP contribution < -0.4 is 15.8 Å². The number of fused-ring (bicyclic) bond motifs is 1. The van der Waals surface area contributed by atoms with E-state index in [1.165, 1.54) is 19.2 Å². The van der Waals surface area contributed by atoms with Gasteiger partial charge in [-0.05, 0) is 43.3 Å². The number of hydrogen-bond acceptors (Lipinski definition) is 6. The molecule has 2 aromatic carbocycles. The SMILES string of the molecule is COc1ccc(-c2nc(C(=O)Nc3ccccc3Cl)c([C@H](C)N)o2)c2ccc(C(F)(F)F)nc12. The van der Waals surface area contributed by atoms with Crippen LogP contribution in [0.25, 0.3) is 22.4 Å². The first-order valence-electron chi connectivity index (χ1n) is 9.97. The average Bonchev–Trinajstić information content (AvgIpc) is 3.24. The number of alkyl halides is 3. The van der Waals surface area contributed by atoms with E-state index < -0.39 is 23.8 Å². The van der Waals surface area contributed by atoms with Crippen molar-refractivity contribution < 1.29 is 27.1 Å². The zero-order valence-corrected chi connectivity index (χ0v) is 18.7. The molecule has 1 atom stereocenters. The van der Waals surface area contributed by atoms with E-state index in [1.54, 1.807) is 37.3 Å². The summed E-state index contributed by atoms with van der Waals surface area (Å²) in [7, 11) is 1.33. The third-order valence-corrected chi connectivity index (χ3v) is 5.29. The van der Waals surface area contributed by atoms with Gasteiger partial charge in [0.15, 0.2) is 11.5 Å². The molecule has 176 valence electrons. The summed E-state index contributed by atoms with van der Waals surface area (Å²) in [4.78, 5) is 21.0. The molecule has 0 aliphatic heterocycles. The van der Waals surface area contributed by atoms with Gasteiger partial charge in [-0.1, -0.05) is 23.7 Å². The van der Waals surface area contributed by atoms with Crippen molar-refractivity contribution >= 4 is 34.1 Å². The smallest absolute Gasteiger partial charge is 0.433 e. The summed E-state index contributed by atoms with van der Waals surface area (Å²) in [5.74, 6) is -0.375. The lowest BCUT2D eigenvalue weighted by molar-refractivity contribution is -0.140. The van der Waals surface area contributed by atoms with Crippen molar-refractivity contribution in [2.75, 3.05) is 12.4 Å². The second-order valence-corrected chi connectivity index (χ2v) is 7.77. The summed E-state index contributed by atoms with van der Waals surface area (Å²) in [6.45, 7) is 1.61. The molecule has 4 rings (SSSR count). The van der Waals surface area contributed by atoms with Crippen LogP contribution in [-0.2, 0) is 6.18 Å². The lowest BCUT2D eigenvalue weighted by atomic mass is 10.1. The van der Waals surface area contributed by atoms with Gasteiger partial charge in [-0.2, -0.15) is 13.2 Å². The average molecular weight is 491 g/mol. The van der Waals surface area contributed by atoms with Gasteiger partial charge in [0.25, 0.3) is 5.91 Å². The van der Waals surface area contributed by atoms with Gasteiger partial charge in [-0.25, -0.2) is 9.97 Å². The molecule has 1 amide bonds. The van der Waals surface area contributed by atoms with Crippen molar-refractivity contribution in [2.45, 2.75) is 19.1 Å². The quantitative estimate of drug-likeness (QED) is 0.364. The number of nitrogens with one attached hydrogen (secondary N) is 1. The van der Waals surface area contributed by atoms with Crippen molar-refractivity contribution in [3.05, 3.63) is 70.7 Å². The van der Waals surface area contributed by atoms with Gasteiger partial charge in [-0.3, -0.25) is 4.79 Å². The van der Waals surface area contributed by atoms with Crippen molar-refractivity contribution in [1.29, 1.82) is 0 Å². The number of para-hydroxylation sites is 1. The fraction of sp³-hybridized carbons (Fsp3) is 0.174. The van der Waals surface area contributed by atoms with Gasteiger partial charge in [-0.15, -0.1) is 0 Å². The van der Waals surface area contributed by atoms with Crippen LogP contribution >= 0.6 is 11.6 Å². The van der Waals surface area contributed by atoms with E-state index >= 15 is 0 Å². The zero-order valence-electron chi connectivity index (χ0n) is 17.9. The Balaban J connectivity index is 1.83. The minimum Gasteiger partial charge on any atom is -0.494 e. The number of nitrogens with zero attached hydrogens (tertiary/aromatic N) is 2. The molecule has 2 aromatic heterocycles. The van der Waals surface area contributed by atoms with Gasteiger partial charge < -0.3 is 20.2 Å². The minimum absolute atomic E-state index is 0.00850. The molecule has 0 radical (unpaired) electrons. The molecule has 34 heavy (non-hydrogen) atoms. The highest BCUT2D eigenvalue weighted by Crippen LogP contribution is 2.37. The van der Waals surface area contributed by atoms with Crippen LogP contribution in [0.15, 0.2) is 52.9 Å². The van der Waals surface area contributed by atoms with Gasteiger partial charge in [0.1, 0.15) is 17.0 Å². The maximum Gasteiger partial charge on any atom is 0.433 e.